The van der Waals surface area contributed by atoms with Crippen LogP contribution in [0.2, 0.25) is 0 Å². The summed E-state index contributed by atoms with van der Waals surface area (Å²) in [6, 6.07) is 17.0. The van der Waals surface area contributed by atoms with Crippen LogP contribution in [0.15, 0.2) is 66.7 Å². The minimum atomic E-state index is -0.778. The van der Waals surface area contributed by atoms with Crippen LogP contribution in [0.3, 0.4) is 0 Å². The van der Waals surface area contributed by atoms with Gasteiger partial charge in [0.2, 0.25) is 5.91 Å². The second-order valence-electron chi connectivity index (χ2n) is 8.52. The number of anilines is 1. The van der Waals surface area contributed by atoms with Gasteiger partial charge in [0, 0.05) is 19.5 Å². The molecule has 1 heterocycles. The highest BCUT2D eigenvalue weighted by Gasteiger charge is 2.37. The lowest BCUT2D eigenvalue weighted by molar-refractivity contribution is -0.137. The Bertz CT molecular complexity index is 927. The fourth-order valence-electron chi connectivity index (χ4n) is 4.15. The van der Waals surface area contributed by atoms with E-state index in [4.69, 9.17) is 5.11 Å². The van der Waals surface area contributed by atoms with Crippen molar-refractivity contribution in [2.45, 2.75) is 51.6 Å². The number of nitrogens with zero attached hydrogens (tertiary/aromatic N) is 2. The maximum absolute atomic E-state index is 13.2. The minimum absolute atomic E-state index is 0.0278. The first-order chi connectivity index (χ1) is 16.0. The van der Waals surface area contributed by atoms with Crippen LogP contribution in [-0.4, -0.2) is 40.2 Å². The second kappa shape index (κ2) is 12.3. The van der Waals surface area contributed by atoms with Gasteiger partial charge in [0.1, 0.15) is 6.10 Å². The summed E-state index contributed by atoms with van der Waals surface area (Å²) in [5.74, 6) is -0.696. The van der Waals surface area contributed by atoms with Crippen molar-refractivity contribution < 1.29 is 19.8 Å². The highest BCUT2D eigenvalue weighted by molar-refractivity contribution is 5.96. The Morgan fingerprint density at radius 1 is 1.06 bits per heavy atom. The Morgan fingerprint density at radius 2 is 1.76 bits per heavy atom. The molecular formula is C27H34N2O4. The van der Waals surface area contributed by atoms with E-state index in [2.05, 4.69) is 11.9 Å². The maximum atomic E-state index is 13.2. The molecule has 0 bridgehead atoms. The SMILES string of the molecule is CCCCC1CN(C/C=C/CCCC(=O)O)N(c2ccc(C(O)c3ccccc3)cc2)C1=O. The molecule has 1 aliphatic heterocycles. The lowest BCUT2D eigenvalue weighted by atomic mass is 10.0. The Hall–Kier alpha value is -2.96. The molecule has 2 aromatic carbocycles. The van der Waals surface area contributed by atoms with Gasteiger partial charge in [-0.1, -0.05) is 74.4 Å². The number of amides is 1. The van der Waals surface area contributed by atoms with E-state index in [0.717, 1.165) is 36.1 Å². The van der Waals surface area contributed by atoms with E-state index < -0.39 is 12.1 Å². The van der Waals surface area contributed by atoms with E-state index in [-0.39, 0.29) is 18.2 Å². The summed E-state index contributed by atoms with van der Waals surface area (Å²) in [4.78, 5) is 23.9. The summed E-state index contributed by atoms with van der Waals surface area (Å²) in [6.45, 7) is 3.40. The summed E-state index contributed by atoms with van der Waals surface area (Å²) in [5, 5.41) is 23.3. The molecule has 0 aromatic heterocycles. The minimum Gasteiger partial charge on any atom is -0.481 e. The Labute approximate surface area is 196 Å². The van der Waals surface area contributed by atoms with Crippen LogP contribution in [0, 0.1) is 5.92 Å². The smallest absolute Gasteiger partial charge is 0.303 e. The van der Waals surface area contributed by atoms with Crippen molar-refractivity contribution in [3.63, 3.8) is 0 Å². The number of aliphatic carboxylic acids is 1. The van der Waals surface area contributed by atoms with Gasteiger partial charge in [-0.3, -0.25) is 9.59 Å². The van der Waals surface area contributed by atoms with Crippen molar-refractivity contribution in [2.24, 2.45) is 5.92 Å². The number of aliphatic hydroxyl groups excluding tert-OH is 1. The van der Waals surface area contributed by atoms with Crippen LogP contribution in [0.1, 0.15) is 62.7 Å². The molecule has 2 atom stereocenters. The van der Waals surface area contributed by atoms with Crippen LogP contribution < -0.4 is 5.01 Å². The quantitative estimate of drug-likeness (QED) is 0.353. The highest BCUT2D eigenvalue weighted by Crippen LogP contribution is 2.30. The molecule has 33 heavy (non-hydrogen) atoms. The zero-order chi connectivity index (χ0) is 23.6. The fourth-order valence-corrected chi connectivity index (χ4v) is 4.15. The van der Waals surface area contributed by atoms with Crippen molar-refractivity contribution in [1.82, 2.24) is 5.01 Å². The fraction of sp³-hybridized carbons (Fsp3) is 0.407. The Kier molecular flexibility index (Phi) is 9.22. The molecule has 1 aliphatic rings. The first kappa shape index (κ1) is 24.7. The van der Waals surface area contributed by atoms with Crippen LogP contribution in [0.5, 0.6) is 0 Å². The molecule has 2 unspecified atom stereocenters. The molecule has 1 saturated heterocycles. The summed E-state index contributed by atoms with van der Waals surface area (Å²) < 4.78 is 0. The van der Waals surface area contributed by atoms with Gasteiger partial charge in [-0.2, -0.15) is 0 Å². The molecule has 0 aliphatic carbocycles. The molecule has 0 spiro atoms. The molecule has 2 aromatic rings. The zero-order valence-corrected chi connectivity index (χ0v) is 19.3. The first-order valence-electron chi connectivity index (χ1n) is 11.8. The summed E-state index contributed by atoms with van der Waals surface area (Å²) in [7, 11) is 0. The molecule has 176 valence electrons. The molecular weight excluding hydrogens is 416 g/mol. The number of hydrazine groups is 1. The molecule has 1 fully saturated rings. The number of carboxylic acids is 1. The third kappa shape index (κ3) is 6.76. The van der Waals surface area contributed by atoms with Gasteiger partial charge < -0.3 is 10.2 Å². The van der Waals surface area contributed by atoms with E-state index in [0.29, 0.717) is 25.9 Å². The number of carbonyl (C=O) groups is 2. The van der Waals surface area contributed by atoms with Crippen LogP contribution >= 0.6 is 0 Å². The molecule has 3 rings (SSSR count). The number of unbranched alkanes of at least 4 members (excludes halogenated alkanes) is 2. The second-order valence-corrected chi connectivity index (χ2v) is 8.52. The van der Waals surface area contributed by atoms with E-state index in [1.54, 1.807) is 5.01 Å². The monoisotopic (exact) mass is 450 g/mol. The van der Waals surface area contributed by atoms with E-state index >= 15 is 0 Å². The largest absolute Gasteiger partial charge is 0.481 e. The van der Waals surface area contributed by atoms with Crippen molar-refractivity contribution in [3.8, 4) is 0 Å². The van der Waals surface area contributed by atoms with Crippen molar-refractivity contribution >= 4 is 17.6 Å². The van der Waals surface area contributed by atoms with Gasteiger partial charge in [0.15, 0.2) is 0 Å². The lowest BCUT2D eigenvalue weighted by Gasteiger charge is -2.27. The Balaban J connectivity index is 1.71. The predicted octanol–water partition coefficient (Wildman–Crippen LogP) is 4.95. The molecule has 0 saturated carbocycles. The normalized spacial score (nSPS) is 17.7. The molecule has 0 radical (unpaired) electrons. The van der Waals surface area contributed by atoms with Crippen molar-refractivity contribution in [1.29, 1.82) is 0 Å². The van der Waals surface area contributed by atoms with Gasteiger partial charge in [-0.15, -0.1) is 0 Å². The third-order valence-electron chi connectivity index (χ3n) is 5.99. The van der Waals surface area contributed by atoms with Gasteiger partial charge >= 0.3 is 5.97 Å². The standard InChI is InChI=1S/C27H34N2O4/c1-2-3-11-23-20-28(19-10-5-4-9-14-25(30)31)29(27(23)33)24-17-15-22(16-18-24)26(32)21-12-7-6-8-13-21/h5-8,10,12-13,15-18,23,26,32H,2-4,9,11,14,19-20H2,1H3,(H,30,31)/b10-5+. The summed E-state index contributed by atoms with van der Waals surface area (Å²) in [5.41, 5.74) is 2.41. The number of allylic oxidation sites excluding steroid dienone is 1. The van der Waals surface area contributed by atoms with E-state index in [9.17, 15) is 14.7 Å². The average Bonchev–Trinajstić information content (AvgIpc) is 3.14. The predicted molar refractivity (Wildman–Crippen MR) is 130 cm³/mol. The number of carboxylic acid groups (broad SMARTS) is 1. The topological polar surface area (TPSA) is 81.1 Å². The summed E-state index contributed by atoms with van der Waals surface area (Å²) >= 11 is 0. The number of hydrogen-bond donors (Lipinski definition) is 2. The molecule has 2 N–H and O–H groups in total. The third-order valence-corrected chi connectivity index (χ3v) is 5.99. The first-order valence-corrected chi connectivity index (χ1v) is 11.8. The van der Waals surface area contributed by atoms with Crippen LogP contribution in [-0.2, 0) is 9.59 Å². The van der Waals surface area contributed by atoms with Crippen molar-refractivity contribution in [3.05, 3.63) is 77.9 Å². The van der Waals surface area contributed by atoms with Crippen molar-refractivity contribution in [2.75, 3.05) is 18.1 Å². The van der Waals surface area contributed by atoms with Gasteiger partial charge in [-0.25, -0.2) is 10.0 Å². The van der Waals surface area contributed by atoms with Gasteiger partial charge in [0.05, 0.1) is 11.6 Å². The Morgan fingerprint density at radius 3 is 2.42 bits per heavy atom. The average molecular weight is 451 g/mol. The number of benzene rings is 2. The van der Waals surface area contributed by atoms with E-state index in [1.807, 2.05) is 66.7 Å². The highest BCUT2D eigenvalue weighted by atomic mass is 16.4. The van der Waals surface area contributed by atoms with Crippen LogP contribution in [0.25, 0.3) is 0 Å². The number of rotatable bonds is 12. The van der Waals surface area contributed by atoms with Gasteiger partial charge in [-0.05, 0) is 42.5 Å². The number of carbonyl (C=O) groups excluding carboxylic acids is 1. The van der Waals surface area contributed by atoms with Gasteiger partial charge in [0.25, 0.3) is 0 Å². The number of hydrogen-bond acceptors (Lipinski definition) is 4. The number of aliphatic hydroxyl groups is 1. The van der Waals surface area contributed by atoms with E-state index in [1.165, 1.54) is 0 Å². The molecule has 1 amide bonds. The van der Waals surface area contributed by atoms with Crippen LogP contribution in [0.4, 0.5) is 5.69 Å². The summed E-state index contributed by atoms with van der Waals surface area (Å²) in [6.07, 6.45) is 7.72. The molecule has 6 heteroatoms. The maximum Gasteiger partial charge on any atom is 0.303 e. The molecule has 6 nitrogen and oxygen atoms in total. The zero-order valence-electron chi connectivity index (χ0n) is 19.3. The lowest BCUT2D eigenvalue weighted by Crippen LogP contribution is -2.39.